The number of aromatic nitrogens is 3. The molecule has 92 valence electrons. The summed E-state index contributed by atoms with van der Waals surface area (Å²) in [4.78, 5) is 17.7. The quantitative estimate of drug-likeness (QED) is 0.840. The molecule has 0 aliphatic carbocycles. The molecule has 0 spiro atoms. The molecule has 0 aliphatic heterocycles. The van der Waals surface area contributed by atoms with Crippen molar-refractivity contribution < 1.29 is 0 Å². The molecule has 0 saturated heterocycles. The Morgan fingerprint density at radius 3 is 2.53 bits per heavy atom. The second kappa shape index (κ2) is 4.49. The Balaban J connectivity index is 2.28. The zero-order chi connectivity index (χ0) is 12.6. The van der Waals surface area contributed by atoms with Gasteiger partial charge >= 0.3 is 5.69 Å². The first-order valence-electron chi connectivity index (χ1n) is 5.69. The second-order valence-electron chi connectivity index (χ2n) is 4.46. The fourth-order valence-electron chi connectivity index (χ4n) is 1.69. The molecule has 0 atom stereocenters. The first-order chi connectivity index (χ1) is 7.99. The van der Waals surface area contributed by atoms with Crippen molar-refractivity contribution in [1.82, 2.24) is 14.1 Å². The van der Waals surface area contributed by atoms with Gasteiger partial charge in [-0.1, -0.05) is 0 Å². The summed E-state index contributed by atoms with van der Waals surface area (Å²) in [5, 5.41) is 0.989. The Morgan fingerprint density at radius 1 is 1.35 bits per heavy atom. The smallest absolute Gasteiger partial charge is 0.297 e. The Labute approximate surface area is 105 Å². The van der Waals surface area contributed by atoms with E-state index < -0.39 is 0 Å². The fourth-order valence-corrected chi connectivity index (χ4v) is 2.63. The van der Waals surface area contributed by atoms with Crippen molar-refractivity contribution in [3.63, 3.8) is 0 Å². The molecule has 2 aromatic rings. The largest absolute Gasteiger partial charge is 0.328 e. The third-order valence-electron chi connectivity index (χ3n) is 2.81. The Morgan fingerprint density at radius 2 is 2.06 bits per heavy atom. The monoisotopic (exact) mass is 251 g/mol. The lowest BCUT2D eigenvalue weighted by Gasteiger charge is -2.03. The molecule has 0 fully saturated rings. The molecule has 0 unspecified atom stereocenters. The molecule has 2 aromatic heterocycles. The van der Waals surface area contributed by atoms with Crippen molar-refractivity contribution >= 4 is 11.3 Å². The summed E-state index contributed by atoms with van der Waals surface area (Å²) < 4.78 is 3.44. The van der Waals surface area contributed by atoms with Crippen LogP contribution < -0.4 is 5.69 Å². The summed E-state index contributed by atoms with van der Waals surface area (Å²) in [7, 11) is 0. The topological polar surface area (TPSA) is 39.8 Å². The predicted molar refractivity (Wildman–Crippen MR) is 69.8 cm³/mol. The Kier molecular flexibility index (Phi) is 3.19. The Bertz CT molecular complexity index is 557. The Hall–Kier alpha value is -1.36. The highest BCUT2D eigenvalue weighted by Crippen LogP contribution is 2.16. The van der Waals surface area contributed by atoms with Crippen LogP contribution in [0, 0.1) is 13.8 Å². The zero-order valence-electron chi connectivity index (χ0n) is 10.6. The van der Waals surface area contributed by atoms with Gasteiger partial charge < -0.3 is 0 Å². The van der Waals surface area contributed by atoms with Gasteiger partial charge in [0, 0.05) is 23.3 Å². The van der Waals surface area contributed by atoms with Gasteiger partial charge in [0.25, 0.3) is 0 Å². The van der Waals surface area contributed by atoms with Gasteiger partial charge in [-0.05, 0) is 27.7 Å². The molecular weight excluding hydrogens is 234 g/mol. The van der Waals surface area contributed by atoms with Gasteiger partial charge in [-0.25, -0.2) is 9.78 Å². The van der Waals surface area contributed by atoms with Crippen LogP contribution in [0.25, 0.3) is 0 Å². The van der Waals surface area contributed by atoms with E-state index in [2.05, 4.69) is 11.9 Å². The number of thiazole rings is 1. The van der Waals surface area contributed by atoms with Crippen LogP contribution in [-0.2, 0) is 6.54 Å². The first-order valence-corrected chi connectivity index (χ1v) is 6.51. The van der Waals surface area contributed by atoms with Crippen molar-refractivity contribution in [1.29, 1.82) is 0 Å². The maximum absolute atomic E-state index is 12.0. The molecule has 0 aromatic carbocycles. The first kappa shape index (κ1) is 12.1. The molecule has 2 rings (SSSR count). The van der Waals surface area contributed by atoms with E-state index in [9.17, 15) is 4.79 Å². The van der Waals surface area contributed by atoms with Crippen LogP contribution in [0.3, 0.4) is 0 Å². The molecule has 0 amide bonds. The molecule has 5 heteroatoms. The van der Waals surface area contributed by atoms with Gasteiger partial charge in [-0.2, -0.15) is 0 Å². The second-order valence-corrected chi connectivity index (χ2v) is 5.75. The average molecular weight is 251 g/mol. The molecule has 17 heavy (non-hydrogen) atoms. The molecule has 0 saturated carbocycles. The highest BCUT2D eigenvalue weighted by Gasteiger charge is 2.09. The van der Waals surface area contributed by atoms with Crippen LogP contribution >= 0.6 is 11.3 Å². The van der Waals surface area contributed by atoms with Gasteiger partial charge in [0.15, 0.2) is 0 Å². The van der Waals surface area contributed by atoms with E-state index in [1.54, 1.807) is 20.5 Å². The molecule has 0 aliphatic rings. The number of hydrogen-bond donors (Lipinski definition) is 0. The lowest BCUT2D eigenvalue weighted by molar-refractivity contribution is 0.561. The van der Waals surface area contributed by atoms with Gasteiger partial charge in [0.1, 0.15) is 5.01 Å². The third kappa shape index (κ3) is 2.34. The van der Waals surface area contributed by atoms with Gasteiger partial charge in [0.2, 0.25) is 0 Å². The fraction of sp³-hybridized carbons (Fsp3) is 0.500. The van der Waals surface area contributed by atoms with E-state index in [-0.39, 0.29) is 11.7 Å². The van der Waals surface area contributed by atoms with Crippen LogP contribution in [-0.4, -0.2) is 14.1 Å². The van der Waals surface area contributed by atoms with Crippen molar-refractivity contribution in [2.45, 2.75) is 40.3 Å². The lowest BCUT2D eigenvalue weighted by Crippen LogP contribution is -2.25. The highest BCUT2D eigenvalue weighted by atomic mass is 32.1. The zero-order valence-corrected chi connectivity index (χ0v) is 11.4. The standard InChI is InChI=1S/C12H17N3OS/c1-8(2)15-6-5-14(12(15)16)7-11-13-9(3)10(4)17-11/h5-6,8H,7H2,1-4H3. The normalized spacial score (nSPS) is 11.4. The molecule has 0 bridgehead atoms. The highest BCUT2D eigenvalue weighted by molar-refractivity contribution is 7.11. The van der Waals surface area contributed by atoms with Crippen molar-refractivity contribution in [3.8, 4) is 0 Å². The summed E-state index contributed by atoms with van der Waals surface area (Å²) in [5.74, 6) is 0. The summed E-state index contributed by atoms with van der Waals surface area (Å²) in [6, 6.07) is 0.198. The molecule has 0 N–H and O–H groups in total. The minimum atomic E-state index is 0.0329. The van der Waals surface area contributed by atoms with Crippen LogP contribution in [0.2, 0.25) is 0 Å². The summed E-state index contributed by atoms with van der Waals surface area (Å²) in [5.41, 5.74) is 1.09. The summed E-state index contributed by atoms with van der Waals surface area (Å²) >= 11 is 1.66. The van der Waals surface area contributed by atoms with Crippen LogP contribution in [0.15, 0.2) is 17.2 Å². The minimum absolute atomic E-state index is 0.0329. The lowest BCUT2D eigenvalue weighted by atomic mass is 10.4. The van der Waals surface area contributed by atoms with E-state index >= 15 is 0 Å². The summed E-state index contributed by atoms with van der Waals surface area (Å²) in [6.45, 7) is 8.63. The van der Waals surface area contributed by atoms with Crippen LogP contribution in [0.4, 0.5) is 0 Å². The third-order valence-corrected chi connectivity index (χ3v) is 3.87. The van der Waals surface area contributed by atoms with E-state index in [1.165, 1.54) is 4.88 Å². The predicted octanol–water partition coefficient (Wildman–Crippen LogP) is 2.35. The number of rotatable bonds is 3. The minimum Gasteiger partial charge on any atom is -0.297 e. The maximum Gasteiger partial charge on any atom is 0.328 e. The molecule has 2 heterocycles. The van der Waals surface area contributed by atoms with Gasteiger partial charge in [-0.3, -0.25) is 9.13 Å². The number of imidazole rings is 1. The van der Waals surface area contributed by atoms with E-state index in [1.807, 2.05) is 33.2 Å². The van der Waals surface area contributed by atoms with E-state index in [4.69, 9.17) is 0 Å². The van der Waals surface area contributed by atoms with Crippen molar-refractivity contribution in [3.05, 3.63) is 38.5 Å². The van der Waals surface area contributed by atoms with Gasteiger partial charge in [0.05, 0.1) is 12.2 Å². The van der Waals surface area contributed by atoms with E-state index in [0.29, 0.717) is 6.54 Å². The van der Waals surface area contributed by atoms with E-state index in [0.717, 1.165) is 10.7 Å². The number of aryl methyl sites for hydroxylation is 2. The maximum atomic E-state index is 12.0. The molecular formula is C12H17N3OS. The molecule has 4 nitrogen and oxygen atoms in total. The molecule has 0 radical (unpaired) electrons. The van der Waals surface area contributed by atoms with Gasteiger partial charge in [-0.15, -0.1) is 11.3 Å². The van der Waals surface area contributed by atoms with Crippen molar-refractivity contribution in [2.75, 3.05) is 0 Å². The summed E-state index contributed by atoms with van der Waals surface area (Å²) in [6.07, 6.45) is 3.66. The number of nitrogens with zero attached hydrogens (tertiary/aromatic N) is 3. The van der Waals surface area contributed by atoms with Crippen LogP contribution in [0.1, 0.15) is 35.5 Å². The SMILES string of the molecule is Cc1nc(Cn2ccn(C(C)C)c2=O)sc1C. The van der Waals surface area contributed by atoms with Crippen molar-refractivity contribution in [2.24, 2.45) is 0 Å². The van der Waals surface area contributed by atoms with Crippen LogP contribution in [0.5, 0.6) is 0 Å². The number of hydrogen-bond acceptors (Lipinski definition) is 3. The average Bonchev–Trinajstić information content (AvgIpc) is 2.74.